The maximum atomic E-state index is 11.1. The standard InChI is InChI=1S/C12H17Cl2NO4S/c1-2-3-7-10(19-20(15,17)18)12(16)11-8(13)5-4-6-9(11)14/h4-6,10,12,16H,2-3,7H2,1H3,(H2,15,17,18). The normalized spacial score (nSPS) is 15.1. The van der Waals surface area contributed by atoms with E-state index in [1.54, 1.807) is 18.2 Å². The Morgan fingerprint density at radius 2 is 1.90 bits per heavy atom. The largest absolute Gasteiger partial charge is 0.386 e. The van der Waals surface area contributed by atoms with E-state index in [1.165, 1.54) is 0 Å². The molecule has 3 N–H and O–H groups in total. The molecule has 2 atom stereocenters. The van der Waals surface area contributed by atoms with Crippen LogP contribution in [0.4, 0.5) is 0 Å². The first-order valence-electron chi connectivity index (χ1n) is 6.09. The Morgan fingerprint density at radius 1 is 1.35 bits per heavy atom. The lowest BCUT2D eigenvalue weighted by atomic mass is 10.0. The van der Waals surface area contributed by atoms with E-state index in [-0.39, 0.29) is 15.6 Å². The smallest absolute Gasteiger partial charge is 0.333 e. The fourth-order valence-corrected chi connectivity index (χ4v) is 2.98. The fraction of sp³-hybridized carbons (Fsp3) is 0.500. The zero-order valence-electron chi connectivity index (χ0n) is 10.9. The van der Waals surface area contributed by atoms with Crippen LogP contribution >= 0.6 is 23.2 Å². The molecule has 0 heterocycles. The summed E-state index contributed by atoms with van der Waals surface area (Å²) in [6.07, 6.45) is -0.508. The SMILES string of the molecule is CCCCC(OS(N)(=O)=O)C(O)c1c(Cl)cccc1Cl. The Kier molecular flexibility index (Phi) is 6.71. The third-order valence-corrected chi connectivity index (χ3v) is 3.92. The molecule has 0 bridgehead atoms. The lowest BCUT2D eigenvalue weighted by Crippen LogP contribution is -2.29. The first-order valence-corrected chi connectivity index (χ1v) is 8.32. The summed E-state index contributed by atoms with van der Waals surface area (Å²) in [6, 6.07) is 4.74. The molecule has 1 aromatic rings. The second-order valence-electron chi connectivity index (χ2n) is 4.35. The Morgan fingerprint density at radius 3 is 2.35 bits per heavy atom. The summed E-state index contributed by atoms with van der Waals surface area (Å²) in [6.45, 7) is 1.93. The predicted molar refractivity (Wildman–Crippen MR) is 78.9 cm³/mol. The number of aliphatic hydroxyl groups excluding tert-OH is 1. The molecule has 114 valence electrons. The van der Waals surface area contributed by atoms with Crippen LogP contribution in [-0.2, 0) is 14.5 Å². The van der Waals surface area contributed by atoms with Crippen molar-refractivity contribution in [2.75, 3.05) is 0 Å². The minimum absolute atomic E-state index is 0.237. The average molecular weight is 342 g/mol. The van der Waals surface area contributed by atoms with Gasteiger partial charge in [0.1, 0.15) is 12.2 Å². The third-order valence-electron chi connectivity index (χ3n) is 2.75. The Hall–Kier alpha value is -0.370. The van der Waals surface area contributed by atoms with Crippen LogP contribution in [0.5, 0.6) is 0 Å². The summed E-state index contributed by atoms with van der Waals surface area (Å²) in [5, 5.41) is 15.7. The molecule has 0 fully saturated rings. The first-order chi connectivity index (χ1) is 9.26. The zero-order valence-corrected chi connectivity index (χ0v) is 13.2. The lowest BCUT2D eigenvalue weighted by Gasteiger charge is -2.23. The quantitative estimate of drug-likeness (QED) is 0.797. The molecule has 0 spiro atoms. The van der Waals surface area contributed by atoms with Crippen LogP contribution in [0.15, 0.2) is 18.2 Å². The number of aliphatic hydroxyl groups is 1. The molecule has 0 aromatic heterocycles. The van der Waals surface area contributed by atoms with Gasteiger partial charge in [-0.05, 0) is 18.6 Å². The molecule has 1 rings (SSSR count). The van der Waals surface area contributed by atoms with Crippen molar-refractivity contribution in [2.45, 2.75) is 38.4 Å². The number of rotatable bonds is 7. The van der Waals surface area contributed by atoms with Gasteiger partial charge in [-0.3, -0.25) is 4.18 Å². The van der Waals surface area contributed by atoms with Gasteiger partial charge in [0.15, 0.2) is 0 Å². The van der Waals surface area contributed by atoms with Gasteiger partial charge < -0.3 is 5.11 Å². The maximum Gasteiger partial charge on any atom is 0.333 e. The molecular weight excluding hydrogens is 325 g/mol. The molecule has 0 aliphatic rings. The number of nitrogens with two attached hydrogens (primary N) is 1. The topological polar surface area (TPSA) is 89.6 Å². The second kappa shape index (κ2) is 7.59. The van der Waals surface area contributed by atoms with E-state index in [0.717, 1.165) is 6.42 Å². The van der Waals surface area contributed by atoms with E-state index >= 15 is 0 Å². The predicted octanol–water partition coefficient (Wildman–Crippen LogP) is 2.81. The Balaban J connectivity index is 3.06. The molecule has 0 radical (unpaired) electrons. The van der Waals surface area contributed by atoms with Gasteiger partial charge in [0, 0.05) is 15.6 Å². The van der Waals surface area contributed by atoms with Crippen LogP contribution in [0.2, 0.25) is 10.0 Å². The van der Waals surface area contributed by atoms with E-state index in [0.29, 0.717) is 12.8 Å². The summed E-state index contributed by atoms with van der Waals surface area (Å²) in [4.78, 5) is 0. The first kappa shape index (κ1) is 17.7. The van der Waals surface area contributed by atoms with E-state index < -0.39 is 22.5 Å². The summed E-state index contributed by atoms with van der Waals surface area (Å²) >= 11 is 12.0. The van der Waals surface area contributed by atoms with Gasteiger partial charge >= 0.3 is 10.3 Å². The van der Waals surface area contributed by atoms with Crippen LogP contribution in [0.1, 0.15) is 37.9 Å². The highest BCUT2D eigenvalue weighted by molar-refractivity contribution is 7.84. The van der Waals surface area contributed by atoms with Crippen LogP contribution in [0.25, 0.3) is 0 Å². The summed E-state index contributed by atoms with van der Waals surface area (Å²) in [7, 11) is -4.18. The van der Waals surface area contributed by atoms with Gasteiger partial charge in [-0.25, -0.2) is 5.14 Å². The second-order valence-corrected chi connectivity index (χ2v) is 6.34. The highest BCUT2D eigenvalue weighted by Crippen LogP contribution is 2.34. The highest BCUT2D eigenvalue weighted by Gasteiger charge is 2.28. The fourth-order valence-electron chi connectivity index (χ4n) is 1.82. The van der Waals surface area contributed by atoms with Gasteiger partial charge in [0.25, 0.3) is 0 Å². The van der Waals surface area contributed by atoms with Crippen molar-refractivity contribution in [1.82, 2.24) is 0 Å². The zero-order chi connectivity index (χ0) is 15.3. The third kappa shape index (κ3) is 5.20. The van der Waals surface area contributed by atoms with Crippen LogP contribution < -0.4 is 5.14 Å². The monoisotopic (exact) mass is 341 g/mol. The van der Waals surface area contributed by atoms with Crippen molar-refractivity contribution in [2.24, 2.45) is 5.14 Å². The van der Waals surface area contributed by atoms with Crippen molar-refractivity contribution in [3.05, 3.63) is 33.8 Å². The molecule has 1 aromatic carbocycles. The van der Waals surface area contributed by atoms with Crippen LogP contribution in [-0.4, -0.2) is 19.6 Å². The maximum absolute atomic E-state index is 11.1. The molecule has 0 aliphatic carbocycles. The molecule has 2 unspecified atom stereocenters. The molecule has 0 amide bonds. The molecular formula is C12H17Cl2NO4S. The average Bonchev–Trinajstić information content (AvgIpc) is 2.32. The minimum Gasteiger partial charge on any atom is -0.386 e. The Labute approximate surface area is 128 Å². The molecule has 20 heavy (non-hydrogen) atoms. The number of unbranched alkanes of at least 4 members (excludes halogenated alkanes) is 1. The minimum atomic E-state index is -4.18. The van der Waals surface area contributed by atoms with Gasteiger partial charge in [-0.15, -0.1) is 0 Å². The summed E-state index contributed by atoms with van der Waals surface area (Å²) in [5.41, 5.74) is 0.237. The number of hydrogen-bond acceptors (Lipinski definition) is 4. The lowest BCUT2D eigenvalue weighted by molar-refractivity contribution is 0.0332. The van der Waals surface area contributed by atoms with Crippen molar-refractivity contribution < 1.29 is 17.7 Å². The Bertz CT molecular complexity index is 530. The van der Waals surface area contributed by atoms with Gasteiger partial charge in [0.05, 0.1) is 0 Å². The van der Waals surface area contributed by atoms with Crippen molar-refractivity contribution in [3.8, 4) is 0 Å². The van der Waals surface area contributed by atoms with Crippen molar-refractivity contribution >= 4 is 33.5 Å². The van der Waals surface area contributed by atoms with Gasteiger partial charge in [0.2, 0.25) is 0 Å². The van der Waals surface area contributed by atoms with Crippen LogP contribution in [0.3, 0.4) is 0 Å². The van der Waals surface area contributed by atoms with E-state index in [9.17, 15) is 13.5 Å². The van der Waals surface area contributed by atoms with Gasteiger partial charge in [-0.2, -0.15) is 8.42 Å². The highest BCUT2D eigenvalue weighted by atomic mass is 35.5. The summed E-state index contributed by atoms with van der Waals surface area (Å²) in [5.74, 6) is 0. The molecule has 0 saturated carbocycles. The van der Waals surface area contributed by atoms with Crippen molar-refractivity contribution in [1.29, 1.82) is 0 Å². The number of benzene rings is 1. The van der Waals surface area contributed by atoms with E-state index in [2.05, 4.69) is 0 Å². The van der Waals surface area contributed by atoms with E-state index in [1.807, 2.05) is 6.92 Å². The molecule has 0 saturated heterocycles. The number of hydrogen-bond donors (Lipinski definition) is 2. The van der Waals surface area contributed by atoms with Crippen LogP contribution in [0, 0.1) is 0 Å². The van der Waals surface area contributed by atoms with Gasteiger partial charge in [-0.1, -0.05) is 49.0 Å². The summed E-state index contributed by atoms with van der Waals surface area (Å²) < 4.78 is 26.9. The number of halogens is 2. The van der Waals surface area contributed by atoms with Crippen molar-refractivity contribution in [3.63, 3.8) is 0 Å². The molecule has 8 heteroatoms. The molecule has 5 nitrogen and oxygen atoms in total. The van der Waals surface area contributed by atoms with E-state index in [4.69, 9.17) is 32.5 Å². The molecule has 0 aliphatic heterocycles.